The molecule has 1 N–H and O–H groups in total. The second-order valence-corrected chi connectivity index (χ2v) is 5.79. The Morgan fingerprint density at radius 2 is 2.19 bits per heavy atom. The summed E-state index contributed by atoms with van der Waals surface area (Å²) in [6, 6.07) is 4.31. The SMILES string of the molecule is COC(=O)c1ccc(C(C)NCCN(C)C2CCCC2)o1. The van der Waals surface area contributed by atoms with Crippen LogP contribution in [0.15, 0.2) is 16.5 Å². The van der Waals surface area contributed by atoms with Gasteiger partial charge in [-0.25, -0.2) is 4.79 Å². The summed E-state index contributed by atoms with van der Waals surface area (Å²) in [5.41, 5.74) is 0. The number of carbonyl (C=O) groups is 1. The van der Waals surface area contributed by atoms with Crippen molar-refractivity contribution in [3.05, 3.63) is 23.7 Å². The zero-order valence-electron chi connectivity index (χ0n) is 13.2. The first-order valence-corrected chi connectivity index (χ1v) is 7.73. The zero-order valence-corrected chi connectivity index (χ0v) is 13.2. The Kier molecular flexibility index (Phi) is 5.82. The molecule has 0 bridgehead atoms. The molecule has 1 aliphatic carbocycles. The molecule has 118 valence electrons. The lowest BCUT2D eigenvalue weighted by molar-refractivity contribution is 0.0562. The van der Waals surface area contributed by atoms with E-state index in [4.69, 9.17) is 4.42 Å². The van der Waals surface area contributed by atoms with Crippen LogP contribution in [-0.4, -0.2) is 44.2 Å². The third-order valence-corrected chi connectivity index (χ3v) is 4.30. The van der Waals surface area contributed by atoms with Gasteiger partial charge in [-0.05, 0) is 38.9 Å². The standard InChI is InChI=1S/C16H26N2O3/c1-12(14-8-9-15(21-14)16(19)20-3)17-10-11-18(2)13-6-4-5-7-13/h8-9,12-13,17H,4-7,10-11H2,1-3H3. The van der Waals surface area contributed by atoms with Gasteiger partial charge in [0.15, 0.2) is 0 Å². The molecule has 0 aromatic carbocycles. The molecule has 5 nitrogen and oxygen atoms in total. The van der Waals surface area contributed by atoms with E-state index in [1.54, 1.807) is 6.07 Å². The molecular formula is C16H26N2O3. The summed E-state index contributed by atoms with van der Waals surface area (Å²) >= 11 is 0. The van der Waals surface area contributed by atoms with Crippen LogP contribution in [-0.2, 0) is 4.74 Å². The van der Waals surface area contributed by atoms with Gasteiger partial charge in [-0.3, -0.25) is 0 Å². The Morgan fingerprint density at radius 1 is 1.48 bits per heavy atom. The second kappa shape index (κ2) is 7.61. The van der Waals surface area contributed by atoms with Gasteiger partial charge in [0.05, 0.1) is 13.2 Å². The minimum atomic E-state index is -0.436. The number of furan rings is 1. The summed E-state index contributed by atoms with van der Waals surface area (Å²) in [5.74, 6) is 0.581. The van der Waals surface area contributed by atoms with Crippen molar-refractivity contribution in [2.75, 3.05) is 27.2 Å². The third kappa shape index (κ3) is 4.32. The number of nitrogens with zero attached hydrogens (tertiary/aromatic N) is 1. The predicted octanol–water partition coefficient (Wildman–Crippen LogP) is 2.59. The number of esters is 1. The van der Waals surface area contributed by atoms with Gasteiger partial charge in [0, 0.05) is 19.1 Å². The largest absolute Gasteiger partial charge is 0.463 e. The Balaban J connectivity index is 1.74. The first-order valence-electron chi connectivity index (χ1n) is 7.73. The van der Waals surface area contributed by atoms with Gasteiger partial charge < -0.3 is 19.4 Å². The highest BCUT2D eigenvalue weighted by Gasteiger charge is 2.19. The summed E-state index contributed by atoms with van der Waals surface area (Å²) in [5, 5.41) is 3.44. The molecule has 0 amide bonds. The van der Waals surface area contributed by atoms with Gasteiger partial charge in [0.2, 0.25) is 5.76 Å². The van der Waals surface area contributed by atoms with E-state index in [9.17, 15) is 4.79 Å². The van der Waals surface area contributed by atoms with Crippen LogP contribution in [0.2, 0.25) is 0 Å². The fourth-order valence-electron chi connectivity index (χ4n) is 2.88. The van der Waals surface area contributed by atoms with E-state index in [1.165, 1.54) is 32.8 Å². The van der Waals surface area contributed by atoms with Crippen molar-refractivity contribution in [2.45, 2.75) is 44.7 Å². The highest BCUT2D eigenvalue weighted by atomic mass is 16.5. The van der Waals surface area contributed by atoms with Crippen molar-refractivity contribution in [1.82, 2.24) is 10.2 Å². The maximum atomic E-state index is 11.4. The third-order valence-electron chi connectivity index (χ3n) is 4.30. The van der Waals surface area contributed by atoms with Gasteiger partial charge in [0.1, 0.15) is 5.76 Å². The van der Waals surface area contributed by atoms with Crippen molar-refractivity contribution >= 4 is 5.97 Å². The zero-order chi connectivity index (χ0) is 15.2. The van der Waals surface area contributed by atoms with Crippen LogP contribution in [0.25, 0.3) is 0 Å². The van der Waals surface area contributed by atoms with E-state index in [2.05, 4.69) is 22.0 Å². The van der Waals surface area contributed by atoms with E-state index >= 15 is 0 Å². The smallest absolute Gasteiger partial charge is 0.373 e. The van der Waals surface area contributed by atoms with Gasteiger partial charge >= 0.3 is 5.97 Å². The van der Waals surface area contributed by atoms with Crippen molar-refractivity contribution < 1.29 is 13.9 Å². The minimum Gasteiger partial charge on any atom is -0.463 e. The maximum absolute atomic E-state index is 11.4. The lowest BCUT2D eigenvalue weighted by atomic mass is 10.2. The number of methoxy groups -OCH3 is 1. The monoisotopic (exact) mass is 294 g/mol. The molecule has 1 aromatic rings. The molecule has 2 rings (SSSR count). The Morgan fingerprint density at radius 3 is 2.86 bits per heavy atom. The van der Waals surface area contributed by atoms with E-state index in [1.807, 2.05) is 13.0 Å². The van der Waals surface area contributed by atoms with Crippen LogP contribution in [0.3, 0.4) is 0 Å². The molecule has 21 heavy (non-hydrogen) atoms. The van der Waals surface area contributed by atoms with E-state index in [0.717, 1.165) is 24.9 Å². The highest BCUT2D eigenvalue weighted by Crippen LogP contribution is 2.22. The Bertz CT molecular complexity index is 452. The molecule has 1 unspecified atom stereocenters. The van der Waals surface area contributed by atoms with Crippen LogP contribution in [0, 0.1) is 0 Å². The molecule has 0 radical (unpaired) electrons. The molecule has 1 saturated carbocycles. The number of carbonyl (C=O) groups excluding carboxylic acids is 1. The first-order chi connectivity index (χ1) is 10.1. The van der Waals surface area contributed by atoms with Crippen LogP contribution in [0.4, 0.5) is 0 Å². The van der Waals surface area contributed by atoms with Gasteiger partial charge in [-0.2, -0.15) is 0 Å². The van der Waals surface area contributed by atoms with Crippen molar-refractivity contribution in [3.63, 3.8) is 0 Å². The molecule has 1 aromatic heterocycles. The van der Waals surface area contributed by atoms with Crippen LogP contribution in [0.5, 0.6) is 0 Å². The Labute approximate surface area is 126 Å². The molecule has 1 heterocycles. The minimum absolute atomic E-state index is 0.0837. The summed E-state index contributed by atoms with van der Waals surface area (Å²) in [4.78, 5) is 13.8. The number of nitrogens with one attached hydrogen (secondary N) is 1. The van der Waals surface area contributed by atoms with Crippen molar-refractivity contribution in [3.8, 4) is 0 Å². The fraction of sp³-hybridized carbons (Fsp3) is 0.688. The van der Waals surface area contributed by atoms with E-state index < -0.39 is 5.97 Å². The highest BCUT2D eigenvalue weighted by molar-refractivity contribution is 5.86. The quantitative estimate of drug-likeness (QED) is 0.783. The maximum Gasteiger partial charge on any atom is 0.373 e. The summed E-state index contributed by atoms with van der Waals surface area (Å²) < 4.78 is 10.1. The van der Waals surface area contributed by atoms with E-state index in [-0.39, 0.29) is 11.8 Å². The number of ether oxygens (including phenoxy) is 1. The molecule has 0 spiro atoms. The molecule has 1 atom stereocenters. The predicted molar refractivity (Wildman–Crippen MR) is 81.4 cm³/mol. The van der Waals surface area contributed by atoms with Crippen LogP contribution < -0.4 is 5.32 Å². The molecule has 0 aliphatic heterocycles. The van der Waals surface area contributed by atoms with Gasteiger partial charge in [-0.1, -0.05) is 12.8 Å². The number of likely N-dealkylation sites (N-methyl/N-ethyl adjacent to an activating group) is 1. The van der Waals surface area contributed by atoms with E-state index in [0.29, 0.717) is 0 Å². The number of rotatable bonds is 7. The van der Waals surface area contributed by atoms with Gasteiger partial charge in [-0.15, -0.1) is 0 Å². The molecule has 1 fully saturated rings. The number of hydrogen-bond donors (Lipinski definition) is 1. The summed E-state index contributed by atoms with van der Waals surface area (Å²) in [7, 11) is 3.55. The lowest BCUT2D eigenvalue weighted by Gasteiger charge is -2.24. The van der Waals surface area contributed by atoms with Crippen LogP contribution >= 0.6 is 0 Å². The molecular weight excluding hydrogens is 268 g/mol. The lowest BCUT2D eigenvalue weighted by Crippen LogP contribution is -2.36. The number of hydrogen-bond acceptors (Lipinski definition) is 5. The fourth-order valence-corrected chi connectivity index (χ4v) is 2.88. The average Bonchev–Trinajstić information content (AvgIpc) is 3.17. The first kappa shape index (κ1) is 16.0. The van der Waals surface area contributed by atoms with Crippen molar-refractivity contribution in [1.29, 1.82) is 0 Å². The summed E-state index contributed by atoms with van der Waals surface area (Å²) in [6.45, 7) is 3.97. The summed E-state index contributed by atoms with van der Waals surface area (Å²) in [6.07, 6.45) is 5.38. The van der Waals surface area contributed by atoms with Gasteiger partial charge in [0.25, 0.3) is 0 Å². The Hall–Kier alpha value is -1.33. The van der Waals surface area contributed by atoms with Crippen LogP contribution in [0.1, 0.15) is 55.0 Å². The topological polar surface area (TPSA) is 54.7 Å². The molecule has 1 aliphatic rings. The molecule has 5 heteroatoms. The normalized spacial score (nSPS) is 17.3. The molecule has 0 saturated heterocycles. The second-order valence-electron chi connectivity index (χ2n) is 5.79. The van der Waals surface area contributed by atoms with Crippen molar-refractivity contribution in [2.24, 2.45) is 0 Å². The average molecular weight is 294 g/mol.